The molecule has 2 aliphatic heterocycles. The smallest absolute Gasteiger partial charge is 0.260 e. The van der Waals surface area contributed by atoms with Crippen molar-refractivity contribution < 1.29 is 9.53 Å². The van der Waals surface area contributed by atoms with Gasteiger partial charge in [-0.15, -0.1) is 0 Å². The Morgan fingerprint density at radius 2 is 1.86 bits per heavy atom. The first-order chi connectivity index (χ1) is 13.6. The van der Waals surface area contributed by atoms with Crippen molar-refractivity contribution in [2.75, 3.05) is 64.4 Å². The second-order valence-corrected chi connectivity index (χ2v) is 8.37. The highest BCUT2D eigenvalue weighted by molar-refractivity contribution is 6.43. The highest BCUT2D eigenvalue weighted by atomic mass is 35.5. The van der Waals surface area contributed by atoms with E-state index >= 15 is 0 Å². The third kappa shape index (κ3) is 5.97. The molecule has 2 heterocycles. The maximum Gasteiger partial charge on any atom is 0.260 e. The predicted molar refractivity (Wildman–Crippen MR) is 114 cm³/mol. The van der Waals surface area contributed by atoms with E-state index in [0.29, 0.717) is 10.0 Å². The van der Waals surface area contributed by atoms with Gasteiger partial charge in [0.15, 0.2) is 0 Å². The zero-order chi connectivity index (χ0) is 19.9. The van der Waals surface area contributed by atoms with Gasteiger partial charge in [-0.3, -0.25) is 15.1 Å². The number of nitrogens with one attached hydrogen (secondary N) is 1. The molecule has 1 amide bonds. The summed E-state index contributed by atoms with van der Waals surface area (Å²) in [4.78, 5) is 16.5. The number of ether oxygens (including phenoxy) is 1. The van der Waals surface area contributed by atoms with Gasteiger partial charge in [-0.05, 0) is 43.9 Å². The number of nitrogens with zero attached hydrogens (tertiary/aromatic N) is 3. The van der Waals surface area contributed by atoms with E-state index in [9.17, 15) is 4.79 Å². The van der Waals surface area contributed by atoms with Crippen molar-refractivity contribution in [2.45, 2.75) is 19.3 Å². The fraction of sp³-hybridized carbons (Fsp3) is 0.650. The van der Waals surface area contributed by atoms with Crippen molar-refractivity contribution in [3.8, 4) is 0 Å². The van der Waals surface area contributed by atoms with Crippen LogP contribution >= 0.6 is 23.2 Å². The number of rotatable bonds is 7. The molecular weight excluding hydrogens is 399 g/mol. The molecule has 0 atom stereocenters. The fourth-order valence-electron chi connectivity index (χ4n) is 3.99. The molecule has 28 heavy (non-hydrogen) atoms. The highest BCUT2D eigenvalue weighted by Crippen LogP contribution is 2.33. The first-order valence-electron chi connectivity index (χ1n) is 10.0. The topological polar surface area (TPSA) is 48.1 Å². The number of hydrogen-bond donors (Lipinski definition) is 1. The van der Waals surface area contributed by atoms with Crippen LogP contribution in [0.25, 0.3) is 0 Å². The molecule has 3 rings (SSSR count). The average molecular weight is 429 g/mol. The van der Waals surface area contributed by atoms with E-state index in [4.69, 9.17) is 27.9 Å². The summed E-state index contributed by atoms with van der Waals surface area (Å²) < 4.78 is 4.86. The molecule has 0 spiro atoms. The van der Waals surface area contributed by atoms with Gasteiger partial charge in [0, 0.05) is 46.4 Å². The minimum Gasteiger partial charge on any atom is -0.375 e. The van der Waals surface area contributed by atoms with Gasteiger partial charge >= 0.3 is 0 Å². The van der Waals surface area contributed by atoms with Gasteiger partial charge in [0.05, 0.1) is 15.7 Å². The fourth-order valence-corrected chi connectivity index (χ4v) is 4.40. The summed E-state index contributed by atoms with van der Waals surface area (Å²) in [5.41, 5.74) is 3.95. The summed E-state index contributed by atoms with van der Waals surface area (Å²) in [5.74, 6) is 0.662. The number of halogens is 2. The van der Waals surface area contributed by atoms with E-state index in [0.717, 1.165) is 70.3 Å². The van der Waals surface area contributed by atoms with Crippen molar-refractivity contribution in [1.82, 2.24) is 15.3 Å². The van der Waals surface area contributed by atoms with E-state index in [1.807, 2.05) is 23.2 Å². The summed E-state index contributed by atoms with van der Waals surface area (Å²) in [6.07, 6.45) is 3.48. The standard InChI is InChI=1S/C20H30Cl2N4O2/c1-28-15-19(27)23-26-9-6-16(7-10-26)5-8-24-11-13-25(14-12-24)18-4-2-3-17(21)20(18)22/h2-4,16H,5-15H2,1H3,(H,23,27). The molecule has 0 bridgehead atoms. The lowest BCUT2D eigenvalue weighted by Gasteiger charge is -2.38. The Morgan fingerprint density at radius 1 is 1.14 bits per heavy atom. The monoisotopic (exact) mass is 428 g/mol. The first-order valence-corrected chi connectivity index (χ1v) is 10.8. The zero-order valence-electron chi connectivity index (χ0n) is 16.5. The first kappa shape index (κ1) is 21.7. The molecule has 156 valence electrons. The lowest BCUT2D eigenvalue weighted by Crippen LogP contribution is -2.49. The van der Waals surface area contributed by atoms with Crippen LogP contribution in [0.1, 0.15) is 19.3 Å². The number of carbonyl (C=O) groups is 1. The third-order valence-electron chi connectivity index (χ3n) is 5.67. The van der Waals surface area contributed by atoms with Crippen LogP contribution in [0.2, 0.25) is 10.0 Å². The largest absolute Gasteiger partial charge is 0.375 e. The summed E-state index contributed by atoms with van der Waals surface area (Å²) in [7, 11) is 1.54. The lowest BCUT2D eigenvalue weighted by atomic mass is 9.94. The molecule has 8 heteroatoms. The second-order valence-electron chi connectivity index (χ2n) is 7.59. The molecule has 1 N–H and O–H groups in total. The molecule has 0 saturated carbocycles. The number of methoxy groups -OCH3 is 1. The van der Waals surface area contributed by atoms with Crippen molar-refractivity contribution in [3.05, 3.63) is 28.2 Å². The lowest BCUT2D eigenvalue weighted by molar-refractivity contribution is -0.130. The van der Waals surface area contributed by atoms with E-state index in [1.54, 1.807) is 0 Å². The van der Waals surface area contributed by atoms with Gasteiger partial charge < -0.3 is 9.64 Å². The second kappa shape index (κ2) is 10.6. The normalized spacial score (nSPS) is 19.8. The minimum absolute atomic E-state index is 0.0707. The molecule has 1 aromatic rings. The minimum atomic E-state index is -0.0707. The Labute approximate surface area is 177 Å². The van der Waals surface area contributed by atoms with Crippen molar-refractivity contribution >= 4 is 34.8 Å². The summed E-state index contributed by atoms with van der Waals surface area (Å²) in [5, 5.41) is 3.29. The molecule has 1 aromatic carbocycles. The summed E-state index contributed by atoms with van der Waals surface area (Å²) in [6, 6.07) is 5.83. The van der Waals surface area contributed by atoms with Crippen LogP contribution in [0.15, 0.2) is 18.2 Å². The van der Waals surface area contributed by atoms with Crippen LogP contribution in [0.3, 0.4) is 0 Å². The molecule has 0 radical (unpaired) electrons. The Balaban J connectivity index is 1.35. The number of hydrogen-bond acceptors (Lipinski definition) is 5. The van der Waals surface area contributed by atoms with Gasteiger partial charge in [0.2, 0.25) is 0 Å². The molecule has 2 aliphatic rings. The predicted octanol–water partition coefficient (Wildman–Crippen LogP) is 2.90. The number of piperidine rings is 1. The maximum atomic E-state index is 11.6. The molecule has 6 nitrogen and oxygen atoms in total. The van der Waals surface area contributed by atoms with Crippen LogP contribution in [-0.4, -0.2) is 75.3 Å². The Hall–Kier alpha value is -1.05. The molecule has 2 fully saturated rings. The number of amides is 1. The molecule has 0 aliphatic carbocycles. The average Bonchev–Trinajstić information content (AvgIpc) is 2.70. The number of piperazine rings is 1. The Bertz CT molecular complexity index is 645. The van der Waals surface area contributed by atoms with Crippen molar-refractivity contribution in [1.29, 1.82) is 0 Å². The molecular formula is C20H30Cl2N4O2. The quantitative estimate of drug-likeness (QED) is 0.723. The van der Waals surface area contributed by atoms with E-state index < -0.39 is 0 Å². The van der Waals surface area contributed by atoms with Gasteiger partial charge in [0.25, 0.3) is 5.91 Å². The number of benzene rings is 1. The van der Waals surface area contributed by atoms with E-state index in [-0.39, 0.29) is 12.5 Å². The van der Waals surface area contributed by atoms with Gasteiger partial charge in [-0.2, -0.15) is 0 Å². The van der Waals surface area contributed by atoms with Gasteiger partial charge in [-0.25, -0.2) is 5.01 Å². The maximum absolute atomic E-state index is 11.6. The van der Waals surface area contributed by atoms with Crippen LogP contribution in [-0.2, 0) is 9.53 Å². The van der Waals surface area contributed by atoms with Gasteiger partial charge in [0.1, 0.15) is 6.61 Å². The highest BCUT2D eigenvalue weighted by Gasteiger charge is 2.23. The number of anilines is 1. The summed E-state index contributed by atoms with van der Waals surface area (Å²) >= 11 is 12.5. The molecule has 2 saturated heterocycles. The van der Waals surface area contributed by atoms with Crippen molar-refractivity contribution in [2.24, 2.45) is 5.92 Å². The van der Waals surface area contributed by atoms with Crippen LogP contribution in [0.4, 0.5) is 5.69 Å². The Kier molecular flexibility index (Phi) is 8.23. The van der Waals surface area contributed by atoms with Crippen LogP contribution in [0, 0.1) is 5.92 Å². The summed E-state index contributed by atoms with van der Waals surface area (Å²) in [6.45, 7) is 7.14. The Morgan fingerprint density at radius 3 is 2.54 bits per heavy atom. The van der Waals surface area contributed by atoms with E-state index in [1.165, 1.54) is 13.5 Å². The molecule has 0 aromatic heterocycles. The zero-order valence-corrected chi connectivity index (χ0v) is 18.0. The van der Waals surface area contributed by atoms with Crippen LogP contribution in [0.5, 0.6) is 0 Å². The van der Waals surface area contributed by atoms with Crippen molar-refractivity contribution in [3.63, 3.8) is 0 Å². The molecule has 0 unspecified atom stereocenters. The SMILES string of the molecule is COCC(=O)NN1CCC(CCN2CCN(c3cccc(Cl)c3Cl)CC2)CC1. The third-order valence-corrected chi connectivity index (χ3v) is 6.48. The number of hydrazine groups is 1. The van der Waals surface area contributed by atoms with Gasteiger partial charge in [-0.1, -0.05) is 29.3 Å². The van der Waals surface area contributed by atoms with E-state index in [2.05, 4.69) is 15.2 Å². The van der Waals surface area contributed by atoms with Crippen LogP contribution < -0.4 is 10.3 Å². The number of carbonyl (C=O) groups excluding carboxylic acids is 1.